The van der Waals surface area contributed by atoms with Gasteiger partial charge in [0, 0.05) is 29.6 Å². The first-order valence-electron chi connectivity index (χ1n) is 22.4. The highest BCUT2D eigenvalue weighted by molar-refractivity contribution is 8.76. The Balaban J connectivity index is 1.22. The quantitative estimate of drug-likeness (QED) is 0.0557. The maximum Gasteiger partial charge on any atom is 0.200 e. The monoisotopic (exact) mass is 873 g/mol. The summed E-state index contributed by atoms with van der Waals surface area (Å²) < 4.78 is 23.4. The molecule has 0 aromatic heterocycles. The Bertz CT molecular complexity index is 1630. The van der Waals surface area contributed by atoms with E-state index in [9.17, 15) is 30.6 Å². The van der Waals surface area contributed by atoms with Crippen molar-refractivity contribution in [2.45, 2.75) is 139 Å². The summed E-state index contributed by atoms with van der Waals surface area (Å²) in [5, 5.41) is 69.5. The van der Waals surface area contributed by atoms with Crippen LogP contribution in [0.3, 0.4) is 0 Å². The Kier molecular flexibility index (Phi) is 18.3. The van der Waals surface area contributed by atoms with Crippen molar-refractivity contribution in [2.75, 3.05) is 39.9 Å². The number of ether oxygens (including phenoxy) is 4. The van der Waals surface area contributed by atoms with Gasteiger partial charge in [0.25, 0.3) is 0 Å². The van der Waals surface area contributed by atoms with Crippen molar-refractivity contribution in [1.82, 2.24) is 5.32 Å². The third kappa shape index (κ3) is 12.6. The molecule has 2 aromatic rings. The molecule has 0 bridgehead atoms. The third-order valence-electron chi connectivity index (χ3n) is 13.6. The van der Waals surface area contributed by atoms with E-state index >= 15 is 0 Å². The van der Waals surface area contributed by atoms with Gasteiger partial charge in [-0.05, 0) is 148 Å². The van der Waals surface area contributed by atoms with Gasteiger partial charge in [0.1, 0.15) is 6.79 Å². The smallest absolute Gasteiger partial charge is 0.200 e. The summed E-state index contributed by atoms with van der Waals surface area (Å²) >= 11 is 0. The van der Waals surface area contributed by atoms with Crippen LogP contribution in [0.2, 0.25) is 0 Å². The van der Waals surface area contributed by atoms with Crippen LogP contribution in [0.4, 0.5) is 0 Å². The van der Waals surface area contributed by atoms with Crippen molar-refractivity contribution >= 4 is 21.6 Å². The molecule has 0 amide bonds. The van der Waals surface area contributed by atoms with Crippen LogP contribution in [0, 0.1) is 29.6 Å². The lowest BCUT2D eigenvalue weighted by Gasteiger charge is -2.42. The van der Waals surface area contributed by atoms with Gasteiger partial charge in [0.15, 0.2) is 23.0 Å². The van der Waals surface area contributed by atoms with E-state index < -0.39 is 31.0 Å². The Hall–Kier alpha value is -2.36. The Morgan fingerprint density at radius 2 is 1.60 bits per heavy atom. The highest BCUT2D eigenvalue weighted by Gasteiger charge is 2.38. The van der Waals surface area contributed by atoms with E-state index in [1.165, 1.54) is 74.3 Å². The fraction of sp³-hybridized carbons (Fsp3) is 0.702. The molecular weight excluding hydrogens is 803 g/mol. The number of rotatable bonds is 14. The molecule has 60 heavy (non-hydrogen) atoms. The van der Waals surface area contributed by atoms with Gasteiger partial charge in [-0.3, -0.25) is 0 Å². The van der Waals surface area contributed by atoms with Gasteiger partial charge in [0.05, 0.1) is 38.6 Å². The van der Waals surface area contributed by atoms with Gasteiger partial charge >= 0.3 is 0 Å². The molecule has 10 unspecified atom stereocenters. The van der Waals surface area contributed by atoms with Crippen molar-refractivity contribution < 1.29 is 49.6 Å². The van der Waals surface area contributed by atoms with E-state index in [-0.39, 0.29) is 59.6 Å². The largest absolute Gasteiger partial charge is 0.504 e. The Morgan fingerprint density at radius 3 is 2.30 bits per heavy atom. The molecule has 0 spiro atoms. The van der Waals surface area contributed by atoms with Gasteiger partial charge in [0.2, 0.25) is 5.75 Å². The maximum atomic E-state index is 11.8. The van der Waals surface area contributed by atoms with E-state index in [0.29, 0.717) is 60.3 Å². The number of benzene rings is 2. The molecule has 336 valence electrons. The maximum absolute atomic E-state index is 11.8. The van der Waals surface area contributed by atoms with E-state index in [0.717, 1.165) is 43.4 Å². The number of fused-ring (bicyclic) bond motifs is 1. The number of allylic oxidation sites excluding steroid dienone is 2. The van der Waals surface area contributed by atoms with Crippen LogP contribution in [-0.2, 0) is 17.6 Å². The summed E-state index contributed by atoms with van der Waals surface area (Å²) in [5.74, 6) is 2.79. The number of aliphatic hydroxyl groups is 4. The fourth-order valence-electron chi connectivity index (χ4n) is 10.3. The molecule has 13 heteroatoms. The number of aryl methyl sites for hydroxylation is 1. The highest BCUT2D eigenvalue weighted by Crippen LogP contribution is 2.48. The molecule has 3 aliphatic carbocycles. The summed E-state index contributed by atoms with van der Waals surface area (Å²) in [6, 6.07) is 7.74. The summed E-state index contributed by atoms with van der Waals surface area (Å²) in [4.78, 5) is 0. The Labute approximate surface area is 365 Å². The topological polar surface area (TPSA) is 170 Å². The number of nitrogens with one attached hydrogen (secondary N) is 1. The summed E-state index contributed by atoms with van der Waals surface area (Å²) in [6.45, 7) is 2.83. The van der Waals surface area contributed by atoms with Crippen LogP contribution in [0.25, 0.3) is 0 Å². The second-order valence-electron chi connectivity index (χ2n) is 17.8. The fourth-order valence-corrected chi connectivity index (χ4v) is 13.2. The number of aromatic hydroxyl groups is 2. The lowest BCUT2D eigenvalue weighted by Crippen LogP contribution is -2.43. The molecule has 7 N–H and O–H groups in total. The molecule has 6 rings (SSSR count). The van der Waals surface area contributed by atoms with Crippen molar-refractivity contribution in [2.24, 2.45) is 29.6 Å². The Morgan fingerprint density at radius 1 is 0.833 bits per heavy atom. The van der Waals surface area contributed by atoms with Gasteiger partial charge in [-0.25, -0.2) is 0 Å². The number of hydrogen-bond donors (Lipinski definition) is 7. The normalized spacial score (nSPS) is 31.0. The molecule has 4 aliphatic rings. The molecule has 0 saturated heterocycles. The second kappa shape index (κ2) is 23.4. The zero-order chi connectivity index (χ0) is 42.6. The van der Waals surface area contributed by atoms with E-state index in [1.54, 1.807) is 18.2 Å². The molecule has 2 fully saturated rings. The first kappa shape index (κ1) is 47.1. The average molecular weight is 874 g/mol. The summed E-state index contributed by atoms with van der Waals surface area (Å²) in [5.41, 5.74) is 2.56. The van der Waals surface area contributed by atoms with Crippen LogP contribution in [0.1, 0.15) is 112 Å². The van der Waals surface area contributed by atoms with E-state index in [1.807, 2.05) is 6.07 Å². The molecule has 2 saturated carbocycles. The van der Waals surface area contributed by atoms with Crippen LogP contribution >= 0.6 is 21.6 Å². The number of hydrogen-bond acceptors (Lipinski definition) is 13. The van der Waals surface area contributed by atoms with Gasteiger partial charge in [-0.15, -0.1) is 0 Å². The minimum Gasteiger partial charge on any atom is -0.504 e. The predicted molar refractivity (Wildman–Crippen MR) is 239 cm³/mol. The lowest BCUT2D eigenvalue weighted by atomic mass is 9.67. The number of phenols is 2. The zero-order valence-electron chi connectivity index (χ0n) is 35.9. The standard InChI is InChI=1S/C47H71NO10S2/c1-29-8-7-9-31(18-29)37-23-36(15-13-33(37)26-48-34-10-5-4-6-11-34)58-43-22-32-12-14-35(57-28-50)24-40(51)39(19-30-20-44(55-2)47(54)45(21-30)56-3)42(53)27-59-60-46(16-17-49)38(32)25-41(43)52/h7,9,20-22,25,29,31,33-37,39-40,42,46,48-54H,4-6,8,10-19,23-24,26-28H2,1-3H3. The lowest BCUT2D eigenvalue weighted by molar-refractivity contribution is -0.0808. The van der Waals surface area contributed by atoms with Gasteiger partial charge in [-0.2, -0.15) is 0 Å². The van der Waals surface area contributed by atoms with Crippen molar-refractivity contribution in [1.29, 1.82) is 0 Å². The molecule has 10 atom stereocenters. The number of aliphatic hydroxyl groups excluding tert-OH is 4. The van der Waals surface area contributed by atoms with E-state index in [4.69, 9.17) is 18.9 Å². The molecule has 1 aliphatic heterocycles. The van der Waals surface area contributed by atoms with Gasteiger partial charge < -0.3 is 54.9 Å². The minimum absolute atomic E-state index is 0.0315. The van der Waals surface area contributed by atoms with Crippen LogP contribution in [-0.4, -0.2) is 101 Å². The first-order chi connectivity index (χ1) is 29.1. The predicted octanol–water partition coefficient (Wildman–Crippen LogP) is 7.86. The first-order valence-corrected chi connectivity index (χ1v) is 24.8. The van der Waals surface area contributed by atoms with E-state index in [2.05, 4.69) is 24.4 Å². The molecule has 11 nitrogen and oxygen atoms in total. The third-order valence-corrected chi connectivity index (χ3v) is 16.5. The summed E-state index contributed by atoms with van der Waals surface area (Å²) in [6.07, 6.45) is 16.0. The minimum atomic E-state index is -0.997. The SMILES string of the molecule is COc1cc(CC2C(O)CSSC(CCO)c3cc(O)c(OC4CCC(CNC5CCCCC5)C(C5C=CCC(C)C5)C4)cc3CCC(OCO)CC2O)cc(OC)c1O. The zero-order valence-corrected chi connectivity index (χ0v) is 37.5. The second-order valence-corrected chi connectivity index (χ2v) is 20.4. The van der Waals surface area contributed by atoms with Crippen LogP contribution < -0.4 is 19.5 Å². The van der Waals surface area contributed by atoms with Crippen molar-refractivity contribution in [3.05, 3.63) is 53.1 Å². The molecular formula is C47H71NO10S2. The summed E-state index contributed by atoms with van der Waals surface area (Å²) in [7, 11) is 5.91. The van der Waals surface area contributed by atoms with Crippen molar-refractivity contribution in [3.63, 3.8) is 0 Å². The van der Waals surface area contributed by atoms with Crippen LogP contribution in [0.5, 0.6) is 28.7 Å². The number of methoxy groups -OCH3 is 2. The molecule has 1 heterocycles. The molecule has 0 radical (unpaired) electrons. The molecule has 2 aromatic carbocycles. The van der Waals surface area contributed by atoms with Crippen molar-refractivity contribution in [3.8, 4) is 28.7 Å². The highest BCUT2D eigenvalue weighted by atomic mass is 33.1. The number of phenolic OH excluding ortho intramolecular Hbond substituents is 2. The van der Waals surface area contributed by atoms with Crippen LogP contribution in [0.15, 0.2) is 36.4 Å². The van der Waals surface area contributed by atoms with Gasteiger partial charge in [-0.1, -0.05) is 59.9 Å². The average Bonchev–Trinajstić information content (AvgIpc) is 3.25.